The van der Waals surface area contributed by atoms with E-state index in [1.807, 2.05) is 80.6 Å². The Morgan fingerprint density at radius 1 is 0.833 bits per heavy atom. The van der Waals surface area contributed by atoms with Gasteiger partial charge >= 0.3 is 0 Å². The Kier molecular flexibility index (Phi) is 6.88. The second-order valence-corrected chi connectivity index (χ2v) is 8.37. The predicted molar refractivity (Wildman–Crippen MR) is 124 cm³/mol. The number of carbonyl (C=O) groups excluding carboxylic acids is 2. The van der Waals surface area contributed by atoms with Crippen LogP contribution < -0.4 is 10.6 Å². The van der Waals surface area contributed by atoms with Crippen LogP contribution in [0.15, 0.2) is 66.7 Å². The summed E-state index contributed by atoms with van der Waals surface area (Å²) in [7, 11) is 0. The molecule has 2 amide bonds. The first kappa shape index (κ1) is 21.6. The van der Waals surface area contributed by atoms with Crippen molar-refractivity contribution in [3.63, 3.8) is 0 Å². The SMILES string of the molecule is CC(C)c1ccc(NC(=O)[C@@H](NC(=O)Cc2cccc3ccccc23)C(C)C)cc1. The number of fused-ring (bicyclic) bond motifs is 1. The zero-order chi connectivity index (χ0) is 21.7. The minimum absolute atomic E-state index is 0.0311. The van der Waals surface area contributed by atoms with Crippen LogP contribution in [0.1, 0.15) is 44.7 Å². The zero-order valence-corrected chi connectivity index (χ0v) is 18.1. The lowest BCUT2D eigenvalue weighted by Crippen LogP contribution is -2.47. The summed E-state index contributed by atoms with van der Waals surface area (Å²) < 4.78 is 0. The third kappa shape index (κ3) is 5.26. The molecule has 0 unspecified atom stereocenters. The van der Waals surface area contributed by atoms with E-state index in [1.54, 1.807) is 0 Å². The molecule has 0 saturated heterocycles. The van der Waals surface area contributed by atoms with E-state index in [0.29, 0.717) is 5.92 Å². The van der Waals surface area contributed by atoms with Crippen LogP contribution in [0.2, 0.25) is 0 Å². The van der Waals surface area contributed by atoms with Crippen LogP contribution in [0.4, 0.5) is 5.69 Å². The molecule has 0 aliphatic rings. The van der Waals surface area contributed by atoms with Crippen molar-refractivity contribution in [3.8, 4) is 0 Å². The van der Waals surface area contributed by atoms with Crippen LogP contribution in [-0.2, 0) is 16.0 Å². The Labute approximate surface area is 178 Å². The van der Waals surface area contributed by atoms with Crippen molar-refractivity contribution >= 4 is 28.3 Å². The van der Waals surface area contributed by atoms with Gasteiger partial charge in [-0.2, -0.15) is 0 Å². The van der Waals surface area contributed by atoms with Crippen molar-refractivity contribution in [2.45, 2.75) is 46.1 Å². The van der Waals surface area contributed by atoms with Gasteiger partial charge in [0.2, 0.25) is 11.8 Å². The number of benzene rings is 3. The highest BCUT2D eigenvalue weighted by molar-refractivity contribution is 5.98. The molecule has 2 N–H and O–H groups in total. The largest absolute Gasteiger partial charge is 0.344 e. The minimum atomic E-state index is -0.600. The van der Waals surface area contributed by atoms with Gasteiger partial charge in [-0.15, -0.1) is 0 Å². The van der Waals surface area contributed by atoms with Crippen LogP contribution in [-0.4, -0.2) is 17.9 Å². The maximum absolute atomic E-state index is 12.8. The first-order valence-corrected chi connectivity index (χ1v) is 10.5. The highest BCUT2D eigenvalue weighted by Crippen LogP contribution is 2.20. The van der Waals surface area contributed by atoms with Crippen molar-refractivity contribution in [2.24, 2.45) is 5.92 Å². The smallest absolute Gasteiger partial charge is 0.247 e. The summed E-state index contributed by atoms with van der Waals surface area (Å²) in [4.78, 5) is 25.6. The molecule has 0 aliphatic heterocycles. The molecule has 4 nitrogen and oxygen atoms in total. The second kappa shape index (κ2) is 9.57. The van der Waals surface area contributed by atoms with Crippen molar-refractivity contribution in [1.82, 2.24) is 5.32 Å². The molecule has 0 bridgehead atoms. The molecule has 0 radical (unpaired) electrons. The van der Waals surface area contributed by atoms with Crippen molar-refractivity contribution in [1.29, 1.82) is 0 Å². The van der Waals surface area contributed by atoms with Crippen LogP contribution in [0.5, 0.6) is 0 Å². The van der Waals surface area contributed by atoms with Gasteiger partial charge in [-0.25, -0.2) is 0 Å². The molecule has 0 spiro atoms. The summed E-state index contributed by atoms with van der Waals surface area (Å²) in [5.41, 5.74) is 2.91. The number of hydrogen-bond acceptors (Lipinski definition) is 2. The third-order valence-electron chi connectivity index (χ3n) is 5.34. The zero-order valence-electron chi connectivity index (χ0n) is 18.1. The normalized spacial score (nSPS) is 12.2. The molecule has 4 heteroatoms. The van der Waals surface area contributed by atoms with Gasteiger partial charge in [0.1, 0.15) is 6.04 Å². The Hall–Kier alpha value is -3.14. The Morgan fingerprint density at radius 3 is 2.17 bits per heavy atom. The summed E-state index contributed by atoms with van der Waals surface area (Å²) >= 11 is 0. The van der Waals surface area contributed by atoms with E-state index in [9.17, 15) is 9.59 Å². The van der Waals surface area contributed by atoms with Crippen LogP contribution in [0.25, 0.3) is 10.8 Å². The topological polar surface area (TPSA) is 58.2 Å². The van der Waals surface area contributed by atoms with Gasteiger partial charge in [0.15, 0.2) is 0 Å². The lowest BCUT2D eigenvalue weighted by molar-refractivity contribution is -0.127. The van der Waals surface area contributed by atoms with Crippen LogP contribution in [0.3, 0.4) is 0 Å². The van der Waals surface area contributed by atoms with Crippen molar-refractivity contribution < 1.29 is 9.59 Å². The molecule has 3 aromatic carbocycles. The molecule has 0 aromatic heterocycles. The number of anilines is 1. The summed E-state index contributed by atoms with van der Waals surface area (Å²) in [6, 6.07) is 21.2. The van der Waals surface area contributed by atoms with Crippen LogP contribution >= 0.6 is 0 Å². The maximum Gasteiger partial charge on any atom is 0.247 e. The summed E-state index contributed by atoms with van der Waals surface area (Å²) in [6.07, 6.45) is 0.237. The molecule has 0 heterocycles. The Bertz CT molecular complexity index is 1020. The van der Waals surface area contributed by atoms with E-state index in [0.717, 1.165) is 22.0 Å². The molecule has 0 fully saturated rings. The first-order chi connectivity index (χ1) is 14.3. The maximum atomic E-state index is 12.8. The van der Waals surface area contributed by atoms with Gasteiger partial charge in [-0.05, 0) is 45.9 Å². The first-order valence-electron chi connectivity index (χ1n) is 10.5. The van der Waals surface area contributed by atoms with E-state index >= 15 is 0 Å². The molecular formula is C26H30N2O2. The van der Waals surface area contributed by atoms with Gasteiger partial charge in [0.05, 0.1) is 6.42 Å². The second-order valence-electron chi connectivity index (χ2n) is 8.37. The fourth-order valence-corrected chi connectivity index (χ4v) is 3.55. The standard InChI is InChI=1S/C26H30N2O2/c1-17(2)19-12-14-22(15-13-19)27-26(30)25(18(3)4)28-24(29)16-21-10-7-9-20-8-5-6-11-23(20)21/h5-15,17-18,25H,16H2,1-4H3,(H,27,30)(H,28,29)/t25-/m0/s1. The van der Waals surface area contributed by atoms with E-state index in [2.05, 4.69) is 24.5 Å². The fraction of sp³-hybridized carbons (Fsp3) is 0.308. The van der Waals surface area contributed by atoms with E-state index in [-0.39, 0.29) is 24.2 Å². The quantitative estimate of drug-likeness (QED) is 0.564. The van der Waals surface area contributed by atoms with Crippen molar-refractivity contribution in [2.75, 3.05) is 5.32 Å². The molecule has 3 rings (SSSR count). The number of rotatable bonds is 7. The van der Waals surface area contributed by atoms with Gasteiger partial charge in [-0.1, -0.05) is 82.3 Å². The van der Waals surface area contributed by atoms with Gasteiger partial charge in [0, 0.05) is 5.69 Å². The molecule has 0 saturated carbocycles. The summed E-state index contributed by atoms with van der Waals surface area (Å²) in [5, 5.41) is 8.03. The summed E-state index contributed by atoms with van der Waals surface area (Å²) in [5.74, 6) is 0.0480. The number of carbonyl (C=O) groups is 2. The van der Waals surface area contributed by atoms with E-state index in [4.69, 9.17) is 0 Å². The summed E-state index contributed by atoms with van der Waals surface area (Å²) in [6.45, 7) is 8.14. The lowest BCUT2D eigenvalue weighted by atomic mass is 10.00. The predicted octanol–water partition coefficient (Wildman–Crippen LogP) is 5.29. The molecule has 3 aromatic rings. The van der Waals surface area contributed by atoms with E-state index in [1.165, 1.54) is 5.56 Å². The molecule has 30 heavy (non-hydrogen) atoms. The highest BCUT2D eigenvalue weighted by Gasteiger charge is 2.24. The van der Waals surface area contributed by atoms with Gasteiger partial charge < -0.3 is 10.6 Å². The average Bonchev–Trinajstić information content (AvgIpc) is 2.72. The minimum Gasteiger partial charge on any atom is -0.344 e. The Morgan fingerprint density at radius 2 is 1.50 bits per heavy atom. The highest BCUT2D eigenvalue weighted by atomic mass is 16.2. The molecule has 0 aliphatic carbocycles. The molecule has 1 atom stereocenters. The molecular weight excluding hydrogens is 372 g/mol. The van der Waals surface area contributed by atoms with Gasteiger partial charge in [0.25, 0.3) is 0 Å². The third-order valence-corrected chi connectivity index (χ3v) is 5.34. The average molecular weight is 403 g/mol. The van der Waals surface area contributed by atoms with Crippen LogP contribution in [0, 0.1) is 5.92 Å². The lowest BCUT2D eigenvalue weighted by Gasteiger charge is -2.22. The Balaban J connectivity index is 1.68. The molecule has 156 valence electrons. The van der Waals surface area contributed by atoms with E-state index < -0.39 is 6.04 Å². The fourth-order valence-electron chi connectivity index (χ4n) is 3.55. The number of nitrogens with one attached hydrogen (secondary N) is 2. The van der Waals surface area contributed by atoms with Crippen molar-refractivity contribution in [3.05, 3.63) is 77.9 Å². The number of hydrogen-bond donors (Lipinski definition) is 2. The van der Waals surface area contributed by atoms with Gasteiger partial charge in [-0.3, -0.25) is 9.59 Å². The number of amides is 2. The monoisotopic (exact) mass is 402 g/mol.